The molecular weight excluding hydrogens is 284 g/mol. The second-order valence-corrected chi connectivity index (χ2v) is 6.73. The molecule has 1 N–H and O–H groups in total. The Bertz CT molecular complexity index is 919. The van der Waals surface area contributed by atoms with Gasteiger partial charge < -0.3 is 4.98 Å². The van der Waals surface area contributed by atoms with Crippen LogP contribution in [-0.2, 0) is 5.41 Å². The van der Waals surface area contributed by atoms with Gasteiger partial charge in [-0.3, -0.25) is 4.79 Å². The molecule has 1 heterocycles. The Morgan fingerprint density at radius 1 is 1.09 bits per heavy atom. The standard InChI is InChI=1S/C20H18N2O/c1-20(2,3)15-7-5-14(6-8-15)19-17(12-23)16-10-13(11-21)4-9-18(16)22-19/h4-10,12,22H,1-3H3. The molecule has 0 unspecified atom stereocenters. The first-order valence-corrected chi connectivity index (χ1v) is 7.56. The molecule has 0 saturated heterocycles. The highest BCUT2D eigenvalue weighted by molar-refractivity contribution is 6.04. The summed E-state index contributed by atoms with van der Waals surface area (Å²) in [6.07, 6.45) is 0.854. The maximum atomic E-state index is 11.6. The van der Waals surface area contributed by atoms with Crippen LogP contribution in [0.1, 0.15) is 42.3 Å². The highest BCUT2D eigenvalue weighted by atomic mass is 16.1. The number of nitrogens with one attached hydrogen (secondary N) is 1. The molecule has 0 aliphatic rings. The number of nitriles is 1. The van der Waals surface area contributed by atoms with Gasteiger partial charge in [0.05, 0.1) is 17.3 Å². The number of hydrogen-bond donors (Lipinski definition) is 1. The summed E-state index contributed by atoms with van der Waals surface area (Å²) in [5.74, 6) is 0. The summed E-state index contributed by atoms with van der Waals surface area (Å²) in [6, 6.07) is 15.7. The van der Waals surface area contributed by atoms with Gasteiger partial charge in [0.15, 0.2) is 6.29 Å². The average molecular weight is 302 g/mol. The average Bonchev–Trinajstić information content (AvgIpc) is 2.91. The van der Waals surface area contributed by atoms with Crippen LogP contribution in [-0.4, -0.2) is 11.3 Å². The molecule has 114 valence electrons. The van der Waals surface area contributed by atoms with Crippen molar-refractivity contribution in [3.8, 4) is 17.3 Å². The number of hydrogen-bond acceptors (Lipinski definition) is 2. The maximum absolute atomic E-state index is 11.6. The van der Waals surface area contributed by atoms with E-state index in [4.69, 9.17) is 5.26 Å². The number of rotatable bonds is 2. The van der Waals surface area contributed by atoms with E-state index in [1.807, 2.05) is 18.2 Å². The third kappa shape index (κ3) is 2.64. The number of aromatic nitrogens is 1. The molecule has 3 nitrogen and oxygen atoms in total. The lowest BCUT2D eigenvalue weighted by Crippen LogP contribution is -2.10. The minimum absolute atomic E-state index is 0.0914. The van der Waals surface area contributed by atoms with Crippen LogP contribution in [0.25, 0.3) is 22.2 Å². The first-order valence-electron chi connectivity index (χ1n) is 7.56. The van der Waals surface area contributed by atoms with Crippen molar-refractivity contribution >= 4 is 17.2 Å². The minimum Gasteiger partial charge on any atom is -0.354 e. The van der Waals surface area contributed by atoms with Crippen LogP contribution in [0, 0.1) is 11.3 Å². The molecule has 3 aromatic rings. The van der Waals surface area contributed by atoms with Gasteiger partial charge in [-0.15, -0.1) is 0 Å². The fourth-order valence-electron chi connectivity index (χ4n) is 2.77. The lowest BCUT2D eigenvalue weighted by atomic mass is 9.86. The number of carbonyl (C=O) groups is 1. The molecule has 0 saturated carbocycles. The van der Waals surface area contributed by atoms with Gasteiger partial charge in [-0.1, -0.05) is 45.0 Å². The Morgan fingerprint density at radius 2 is 1.78 bits per heavy atom. The number of fused-ring (bicyclic) bond motifs is 1. The lowest BCUT2D eigenvalue weighted by molar-refractivity contribution is 0.112. The summed E-state index contributed by atoms with van der Waals surface area (Å²) in [5.41, 5.74) is 5.11. The summed E-state index contributed by atoms with van der Waals surface area (Å²) >= 11 is 0. The molecular formula is C20H18N2O. The lowest BCUT2D eigenvalue weighted by Gasteiger charge is -2.19. The summed E-state index contributed by atoms with van der Waals surface area (Å²) in [5, 5.41) is 9.83. The Morgan fingerprint density at radius 3 is 2.35 bits per heavy atom. The molecule has 1 aromatic heterocycles. The molecule has 23 heavy (non-hydrogen) atoms. The number of nitrogens with zero attached hydrogens (tertiary/aromatic N) is 1. The van der Waals surface area contributed by atoms with E-state index in [0.29, 0.717) is 11.1 Å². The third-order valence-corrected chi connectivity index (χ3v) is 4.13. The van der Waals surface area contributed by atoms with Gasteiger partial charge in [0.2, 0.25) is 0 Å². The summed E-state index contributed by atoms with van der Waals surface area (Å²) in [4.78, 5) is 14.9. The van der Waals surface area contributed by atoms with E-state index in [1.54, 1.807) is 12.1 Å². The van der Waals surface area contributed by atoms with Gasteiger partial charge >= 0.3 is 0 Å². The first kappa shape index (κ1) is 15.1. The zero-order valence-corrected chi connectivity index (χ0v) is 13.5. The molecule has 0 atom stereocenters. The van der Waals surface area contributed by atoms with Crippen molar-refractivity contribution in [1.82, 2.24) is 4.98 Å². The van der Waals surface area contributed by atoms with E-state index >= 15 is 0 Å². The second kappa shape index (κ2) is 5.40. The molecule has 3 heteroatoms. The van der Waals surface area contributed by atoms with Crippen LogP contribution in [0.5, 0.6) is 0 Å². The fraction of sp³-hybridized carbons (Fsp3) is 0.200. The van der Waals surface area contributed by atoms with Crippen LogP contribution in [0.2, 0.25) is 0 Å². The van der Waals surface area contributed by atoms with E-state index in [9.17, 15) is 4.79 Å². The Hall–Kier alpha value is -2.86. The van der Waals surface area contributed by atoms with Crippen molar-refractivity contribution in [3.05, 3.63) is 59.2 Å². The van der Waals surface area contributed by atoms with Crippen molar-refractivity contribution in [2.24, 2.45) is 0 Å². The summed E-state index contributed by atoms with van der Waals surface area (Å²) < 4.78 is 0. The molecule has 0 fully saturated rings. The fourth-order valence-corrected chi connectivity index (χ4v) is 2.77. The monoisotopic (exact) mass is 302 g/mol. The van der Waals surface area contributed by atoms with Gasteiger partial charge in [0.25, 0.3) is 0 Å². The molecule has 0 spiro atoms. The normalized spacial score (nSPS) is 11.4. The van der Waals surface area contributed by atoms with Crippen molar-refractivity contribution in [2.45, 2.75) is 26.2 Å². The van der Waals surface area contributed by atoms with Crippen LogP contribution in [0.3, 0.4) is 0 Å². The summed E-state index contributed by atoms with van der Waals surface area (Å²) in [7, 11) is 0. The van der Waals surface area contributed by atoms with Crippen LogP contribution in [0.15, 0.2) is 42.5 Å². The number of carbonyl (C=O) groups excluding carboxylic acids is 1. The molecule has 0 bridgehead atoms. The van der Waals surface area contributed by atoms with E-state index in [0.717, 1.165) is 28.4 Å². The number of benzene rings is 2. The first-order chi connectivity index (χ1) is 10.9. The topological polar surface area (TPSA) is 56.6 Å². The van der Waals surface area contributed by atoms with Gasteiger partial charge in [0.1, 0.15) is 0 Å². The third-order valence-electron chi connectivity index (χ3n) is 4.13. The quantitative estimate of drug-likeness (QED) is 0.690. The minimum atomic E-state index is 0.0914. The highest BCUT2D eigenvalue weighted by Gasteiger charge is 2.16. The second-order valence-electron chi connectivity index (χ2n) is 6.73. The number of aldehydes is 1. The predicted octanol–water partition coefficient (Wildman–Crippen LogP) is 4.82. The van der Waals surface area contributed by atoms with E-state index in [2.05, 4.69) is 44.0 Å². The Labute approximate surface area is 135 Å². The smallest absolute Gasteiger partial charge is 0.152 e. The molecule has 2 aromatic carbocycles. The van der Waals surface area contributed by atoms with Gasteiger partial charge in [-0.2, -0.15) is 5.26 Å². The molecule has 0 aliphatic carbocycles. The molecule has 0 radical (unpaired) electrons. The van der Waals surface area contributed by atoms with Crippen molar-refractivity contribution in [3.63, 3.8) is 0 Å². The van der Waals surface area contributed by atoms with Gasteiger partial charge in [-0.05, 0) is 34.7 Å². The van der Waals surface area contributed by atoms with E-state index in [1.165, 1.54) is 5.56 Å². The van der Waals surface area contributed by atoms with Crippen molar-refractivity contribution in [1.29, 1.82) is 5.26 Å². The summed E-state index contributed by atoms with van der Waals surface area (Å²) in [6.45, 7) is 6.52. The highest BCUT2D eigenvalue weighted by Crippen LogP contribution is 2.31. The largest absolute Gasteiger partial charge is 0.354 e. The van der Waals surface area contributed by atoms with Gasteiger partial charge in [-0.25, -0.2) is 0 Å². The van der Waals surface area contributed by atoms with E-state index in [-0.39, 0.29) is 5.41 Å². The Balaban J connectivity index is 2.16. The predicted molar refractivity (Wildman–Crippen MR) is 92.5 cm³/mol. The molecule has 3 rings (SSSR count). The zero-order valence-electron chi connectivity index (χ0n) is 13.5. The van der Waals surface area contributed by atoms with Crippen LogP contribution < -0.4 is 0 Å². The van der Waals surface area contributed by atoms with Gasteiger partial charge in [0, 0.05) is 16.5 Å². The molecule has 0 amide bonds. The van der Waals surface area contributed by atoms with Crippen LogP contribution in [0.4, 0.5) is 0 Å². The SMILES string of the molecule is CC(C)(C)c1ccc(-c2[nH]c3ccc(C#N)cc3c2C=O)cc1. The Kier molecular flexibility index (Phi) is 3.54. The maximum Gasteiger partial charge on any atom is 0.152 e. The number of H-pyrrole nitrogens is 1. The van der Waals surface area contributed by atoms with Crippen molar-refractivity contribution < 1.29 is 4.79 Å². The zero-order chi connectivity index (χ0) is 16.6. The number of aromatic amines is 1. The van der Waals surface area contributed by atoms with E-state index < -0.39 is 0 Å². The van der Waals surface area contributed by atoms with Crippen LogP contribution >= 0.6 is 0 Å². The molecule has 0 aliphatic heterocycles. The van der Waals surface area contributed by atoms with Crippen molar-refractivity contribution in [2.75, 3.05) is 0 Å².